The van der Waals surface area contributed by atoms with Crippen molar-refractivity contribution in [1.29, 1.82) is 0 Å². The van der Waals surface area contributed by atoms with Gasteiger partial charge in [-0.1, -0.05) is 42.5 Å². The third kappa shape index (κ3) is 4.46. The van der Waals surface area contributed by atoms with E-state index in [0.717, 1.165) is 17.4 Å². The Balaban J connectivity index is 1.91. The zero-order valence-corrected chi connectivity index (χ0v) is 12.3. The van der Waals surface area contributed by atoms with E-state index in [2.05, 4.69) is 28.8 Å². The maximum atomic E-state index is 11.8. The zero-order valence-electron chi connectivity index (χ0n) is 12.3. The summed E-state index contributed by atoms with van der Waals surface area (Å²) in [6, 6.07) is 14.1. The van der Waals surface area contributed by atoms with E-state index in [4.69, 9.17) is 5.11 Å². The molecule has 0 aliphatic carbocycles. The van der Waals surface area contributed by atoms with Crippen LogP contribution in [0.1, 0.15) is 25.3 Å². The molecular formula is C17H22N2O2. The highest BCUT2D eigenvalue weighted by Gasteiger charge is 2.07. The summed E-state index contributed by atoms with van der Waals surface area (Å²) in [5, 5.41) is 16.9. The minimum Gasteiger partial charge on any atom is -0.396 e. The average Bonchev–Trinajstić information content (AvgIpc) is 2.51. The van der Waals surface area contributed by atoms with Gasteiger partial charge in [0.05, 0.1) is 0 Å². The molecule has 0 bridgehead atoms. The number of aliphatic hydroxyl groups excluding tert-OH is 1. The van der Waals surface area contributed by atoms with Gasteiger partial charge < -0.3 is 15.7 Å². The van der Waals surface area contributed by atoms with Crippen LogP contribution >= 0.6 is 0 Å². The van der Waals surface area contributed by atoms with Crippen LogP contribution in [0.25, 0.3) is 10.8 Å². The molecule has 0 aliphatic heterocycles. The fourth-order valence-corrected chi connectivity index (χ4v) is 2.37. The van der Waals surface area contributed by atoms with Crippen molar-refractivity contribution in [3.63, 3.8) is 0 Å². The van der Waals surface area contributed by atoms with Gasteiger partial charge in [-0.05, 0) is 36.1 Å². The largest absolute Gasteiger partial charge is 0.396 e. The number of carbonyl (C=O) groups excluding carboxylic acids is 1. The normalized spacial score (nSPS) is 12.1. The maximum Gasteiger partial charge on any atom is 0.315 e. The van der Waals surface area contributed by atoms with Crippen LogP contribution < -0.4 is 10.6 Å². The number of carbonyl (C=O) groups is 1. The molecule has 4 nitrogen and oxygen atoms in total. The van der Waals surface area contributed by atoms with Crippen molar-refractivity contribution in [1.82, 2.24) is 10.6 Å². The van der Waals surface area contributed by atoms with E-state index in [1.165, 1.54) is 5.39 Å². The molecule has 0 saturated carbocycles. The van der Waals surface area contributed by atoms with Crippen molar-refractivity contribution >= 4 is 16.8 Å². The van der Waals surface area contributed by atoms with Crippen LogP contribution in [0.4, 0.5) is 4.79 Å². The summed E-state index contributed by atoms with van der Waals surface area (Å²) in [5.41, 5.74) is 1.10. The van der Waals surface area contributed by atoms with E-state index in [-0.39, 0.29) is 18.7 Å². The quantitative estimate of drug-likeness (QED) is 0.764. The number of aliphatic hydroxyl groups is 1. The summed E-state index contributed by atoms with van der Waals surface area (Å²) in [5.74, 6) is 0. The van der Waals surface area contributed by atoms with Crippen molar-refractivity contribution in [2.75, 3.05) is 6.61 Å². The Labute approximate surface area is 125 Å². The third-order valence-corrected chi connectivity index (χ3v) is 3.49. The molecule has 0 fully saturated rings. The molecule has 0 heterocycles. The molecule has 2 rings (SSSR count). The van der Waals surface area contributed by atoms with Crippen molar-refractivity contribution in [2.45, 2.75) is 32.4 Å². The highest BCUT2D eigenvalue weighted by molar-refractivity contribution is 5.86. The van der Waals surface area contributed by atoms with Gasteiger partial charge in [-0.25, -0.2) is 4.79 Å². The van der Waals surface area contributed by atoms with Gasteiger partial charge in [0.1, 0.15) is 0 Å². The zero-order chi connectivity index (χ0) is 15.1. The lowest BCUT2D eigenvalue weighted by molar-refractivity contribution is 0.234. The number of rotatable bonds is 6. The molecule has 0 radical (unpaired) electrons. The fraction of sp³-hybridized carbons (Fsp3) is 0.353. The SMILES string of the molecule is CC(CCCO)NC(=O)NCc1cccc2ccccc12. The first-order chi connectivity index (χ1) is 10.2. The molecule has 4 heteroatoms. The lowest BCUT2D eigenvalue weighted by atomic mass is 10.0. The standard InChI is InChI=1S/C17H22N2O2/c1-13(6-5-11-20)19-17(21)18-12-15-9-4-8-14-7-2-3-10-16(14)15/h2-4,7-10,13,20H,5-6,11-12H2,1H3,(H2,18,19,21). The first kappa shape index (κ1) is 15.3. The van der Waals surface area contributed by atoms with Crippen molar-refractivity contribution in [3.05, 3.63) is 48.0 Å². The fourth-order valence-electron chi connectivity index (χ4n) is 2.37. The number of hydrogen-bond acceptors (Lipinski definition) is 2. The van der Waals surface area contributed by atoms with Crippen molar-refractivity contribution in [2.24, 2.45) is 0 Å². The molecule has 21 heavy (non-hydrogen) atoms. The summed E-state index contributed by atoms with van der Waals surface area (Å²) in [6.07, 6.45) is 1.48. The maximum absolute atomic E-state index is 11.8. The van der Waals surface area contributed by atoms with Crippen LogP contribution in [0.5, 0.6) is 0 Å². The molecule has 0 spiro atoms. The van der Waals surface area contributed by atoms with Crippen molar-refractivity contribution < 1.29 is 9.90 Å². The number of fused-ring (bicyclic) bond motifs is 1. The molecule has 1 atom stereocenters. The Hall–Kier alpha value is -2.07. The molecule has 0 aromatic heterocycles. The predicted molar refractivity (Wildman–Crippen MR) is 85.1 cm³/mol. The second kappa shape index (κ2) is 7.64. The Bertz CT molecular complexity index is 593. The van der Waals surface area contributed by atoms with E-state index < -0.39 is 0 Å². The first-order valence-corrected chi connectivity index (χ1v) is 7.32. The molecule has 2 aromatic rings. The molecule has 1 unspecified atom stereocenters. The Kier molecular flexibility index (Phi) is 5.58. The second-order valence-electron chi connectivity index (χ2n) is 5.23. The molecule has 3 N–H and O–H groups in total. The van der Waals surface area contributed by atoms with Gasteiger partial charge in [0.25, 0.3) is 0 Å². The number of amides is 2. The van der Waals surface area contributed by atoms with E-state index in [9.17, 15) is 4.79 Å². The summed E-state index contributed by atoms with van der Waals surface area (Å²) in [6.45, 7) is 2.59. The van der Waals surface area contributed by atoms with Crippen LogP contribution in [0.2, 0.25) is 0 Å². The minimum absolute atomic E-state index is 0.0599. The molecule has 0 aliphatic rings. The summed E-state index contributed by atoms with van der Waals surface area (Å²) in [4.78, 5) is 11.8. The van der Waals surface area contributed by atoms with Crippen LogP contribution in [-0.2, 0) is 6.54 Å². The lowest BCUT2D eigenvalue weighted by Crippen LogP contribution is -2.40. The molecule has 2 aromatic carbocycles. The van der Waals surface area contributed by atoms with E-state index in [0.29, 0.717) is 13.0 Å². The Morgan fingerprint density at radius 1 is 1.19 bits per heavy atom. The third-order valence-electron chi connectivity index (χ3n) is 3.49. The van der Waals surface area contributed by atoms with Crippen LogP contribution in [0, 0.1) is 0 Å². The molecule has 0 saturated heterocycles. The highest BCUT2D eigenvalue weighted by Crippen LogP contribution is 2.18. The average molecular weight is 286 g/mol. The minimum atomic E-state index is -0.173. The summed E-state index contributed by atoms with van der Waals surface area (Å²) >= 11 is 0. The number of urea groups is 1. The van der Waals surface area contributed by atoms with Gasteiger partial charge in [0.2, 0.25) is 0 Å². The van der Waals surface area contributed by atoms with Crippen molar-refractivity contribution in [3.8, 4) is 0 Å². The van der Waals surface area contributed by atoms with Crippen LogP contribution in [-0.4, -0.2) is 23.8 Å². The Morgan fingerprint density at radius 3 is 2.76 bits per heavy atom. The summed E-state index contributed by atoms with van der Waals surface area (Å²) in [7, 11) is 0. The number of benzene rings is 2. The Morgan fingerprint density at radius 2 is 1.95 bits per heavy atom. The van der Waals surface area contributed by atoms with E-state index >= 15 is 0 Å². The van der Waals surface area contributed by atoms with Crippen LogP contribution in [0.15, 0.2) is 42.5 Å². The number of hydrogen-bond donors (Lipinski definition) is 3. The molecular weight excluding hydrogens is 264 g/mol. The topological polar surface area (TPSA) is 61.4 Å². The van der Waals surface area contributed by atoms with Gasteiger partial charge in [0.15, 0.2) is 0 Å². The van der Waals surface area contributed by atoms with Gasteiger partial charge in [0, 0.05) is 19.2 Å². The lowest BCUT2D eigenvalue weighted by Gasteiger charge is -2.14. The predicted octanol–water partition coefficient (Wildman–Crippen LogP) is 2.80. The van der Waals surface area contributed by atoms with Gasteiger partial charge in [-0.2, -0.15) is 0 Å². The smallest absolute Gasteiger partial charge is 0.315 e. The van der Waals surface area contributed by atoms with Gasteiger partial charge >= 0.3 is 6.03 Å². The van der Waals surface area contributed by atoms with E-state index in [1.807, 2.05) is 31.2 Å². The monoisotopic (exact) mass is 286 g/mol. The van der Waals surface area contributed by atoms with E-state index in [1.54, 1.807) is 0 Å². The highest BCUT2D eigenvalue weighted by atomic mass is 16.3. The summed E-state index contributed by atoms with van der Waals surface area (Å²) < 4.78 is 0. The number of nitrogens with one attached hydrogen (secondary N) is 2. The first-order valence-electron chi connectivity index (χ1n) is 7.32. The molecule has 2 amide bonds. The van der Waals surface area contributed by atoms with Gasteiger partial charge in [-0.15, -0.1) is 0 Å². The second-order valence-corrected chi connectivity index (χ2v) is 5.23. The molecule has 112 valence electrons. The van der Waals surface area contributed by atoms with Crippen LogP contribution in [0.3, 0.4) is 0 Å². The van der Waals surface area contributed by atoms with Gasteiger partial charge in [-0.3, -0.25) is 0 Å².